The Morgan fingerprint density at radius 2 is 2.00 bits per heavy atom. The molecule has 20 heavy (non-hydrogen) atoms. The highest BCUT2D eigenvalue weighted by atomic mass is 16.5. The number of nitrogens with one attached hydrogen (secondary N) is 1. The van der Waals surface area contributed by atoms with Gasteiger partial charge >= 0.3 is 5.97 Å². The van der Waals surface area contributed by atoms with E-state index in [1.165, 1.54) is 7.11 Å². The predicted molar refractivity (Wildman–Crippen MR) is 78.6 cm³/mol. The first-order chi connectivity index (χ1) is 9.35. The Kier molecular flexibility index (Phi) is 5.70. The Balaban J connectivity index is 2.86. The highest BCUT2D eigenvalue weighted by Gasteiger charge is 2.16. The molecule has 5 heteroatoms. The number of ether oxygens (including phenoxy) is 1. The van der Waals surface area contributed by atoms with E-state index < -0.39 is 12.0 Å². The number of amides is 1. The maximum atomic E-state index is 12.0. The maximum absolute atomic E-state index is 12.0. The number of methoxy groups -OCH3 is 1. The Bertz CT molecular complexity index is 498. The Hall–Kier alpha value is -1.88. The minimum absolute atomic E-state index is 0.246. The Morgan fingerprint density at radius 3 is 2.55 bits per heavy atom. The molecule has 1 aromatic carbocycles. The lowest BCUT2D eigenvalue weighted by molar-refractivity contribution is -0.117. The van der Waals surface area contributed by atoms with Crippen molar-refractivity contribution in [2.75, 3.05) is 12.4 Å². The van der Waals surface area contributed by atoms with Gasteiger partial charge in [0.15, 0.2) is 0 Å². The summed E-state index contributed by atoms with van der Waals surface area (Å²) in [6.07, 6.45) is 0.613. The molecule has 1 atom stereocenters. The molecule has 1 amide bonds. The molecule has 3 N–H and O–H groups in total. The molecule has 0 unspecified atom stereocenters. The Labute approximate surface area is 119 Å². The second-order valence-electron chi connectivity index (χ2n) is 5.25. The lowest BCUT2D eigenvalue weighted by atomic mass is 10.0. The van der Waals surface area contributed by atoms with E-state index in [1.807, 2.05) is 20.8 Å². The number of aryl methyl sites for hydroxylation is 1. The SMILES string of the molecule is COC(=O)c1ccc(C)c(NC(=O)[C@H](N)CC(C)C)c1. The summed E-state index contributed by atoms with van der Waals surface area (Å²) in [6.45, 7) is 5.87. The minimum atomic E-state index is -0.559. The van der Waals surface area contributed by atoms with Crippen LogP contribution in [0.2, 0.25) is 0 Å². The van der Waals surface area contributed by atoms with Gasteiger partial charge in [0.05, 0.1) is 18.7 Å². The van der Waals surface area contributed by atoms with Gasteiger partial charge in [-0.25, -0.2) is 4.79 Å². The third-order valence-electron chi connectivity index (χ3n) is 2.98. The van der Waals surface area contributed by atoms with Crippen LogP contribution in [0, 0.1) is 12.8 Å². The average molecular weight is 278 g/mol. The van der Waals surface area contributed by atoms with E-state index in [0.29, 0.717) is 23.6 Å². The van der Waals surface area contributed by atoms with Crippen LogP contribution in [0.4, 0.5) is 5.69 Å². The molecule has 110 valence electrons. The van der Waals surface area contributed by atoms with Crippen LogP contribution in [-0.4, -0.2) is 25.0 Å². The van der Waals surface area contributed by atoms with Crippen molar-refractivity contribution in [2.24, 2.45) is 11.7 Å². The lowest BCUT2D eigenvalue weighted by Gasteiger charge is -2.15. The van der Waals surface area contributed by atoms with Crippen LogP contribution in [0.15, 0.2) is 18.2 Å². The molecule has 0 bridgehead atoms. The standard InChI is InChI=1S/C15H22N2O3/c1-9(2)7-12(16)14(18)17-13-8-11(15(19)20-4)6-5-10(13)3/h5-6,8-9,12H,7,16H2,1-4H3,(H,17,18)/t12-/m1/s1. The largest absolute Gasteiger partial charge is 0.465 e. The maximum Gasteiger partial charge on any atom is 0.337 e. The molecule has 0 heterocycles. The summed E-state index contributed by atoms with van der Waals surface area (Å²) in [7, 11) is 1.32. The summed E-state index contributed by atoms with van der Waals surface area (Å²) in [5.41, 5.74) is 7.68. The molecule has 0 aliphatic heterocycles. The lowest BCUT2D eigenvalue weighted by Crippen LogP contribution is -2.36. The molecule has 0 saturated heterocycles. The highest BCUT2D eigenvalue weighted by molar-refractivity contribution is 5.97. The summed E-state index contributed by atoms with van der Waals surface area (Å²) in [6, 6.07) is 4.46. The summed E-state index contributed by atoms with van der Waals surface area (Å²) < 4.78 is 4.66. The van der Waals surface area contributed by atoms with Crippen LogP contribution in [0.3, 0.4) is 0 Å². The highest BCUT2D eigenvalue weighted by Crippen LogP contribution is 2.18. The second kappa shape index (κ2) is 7.05. The van der Waals surface area contributed by atoms with Crippen molar-refractivity contribution in [2.45, 2.75) is 33.2 Å². The van der Waals surface area contributed by atoms with Gasteiger partial charge in [-0.2, -0.15) is 0 Å². The predicted octanol–water partition coefficient (Wildman–Crippen LogP) is 2.09. The third kappa shape index (κ3) is 4.35. The molecule has 0 aliphatic rings. The average Bonchev–Trinajstić information content (AvgIpc) is 2.39. The molecule has 0 fully saturated rings. The van der Waals surface area contributed by atoms with E-state index in [2.05, 4.69) is 10.1 Å². The van der Waals surface area contributed by atoms with Crippen LogP contribution in [-0.2, 0) is 9.53 Å². The van der Waals surface area contributed by atoms with Crippen molar-refractivity contribution in [1.29, 1.82) is 0 Å². The van der Waals surface area contributed by atoms with Crippen molar-refractivity contribution >= 4 is 17.6 Å². The number of carbonyl (C=O) groups is 2. The van der Waals surface area contributed by atoms with E-state index in [4.69, 9.17) is 5.73 Å². The molecule has 0 aromatic heterocycles. The van der Waals surface area contributed by atoms with Gasteiger partial charge in [-0.15, -0.1) is 0 Å². The fraction of sp³-hybridized carbons (Fsp3) is 0.467. The monoisotopic (exact) mass is 278 g/mol. The van der Waals surface area contributed by atoms with E-state index in [0.717, 1.165) is 5.56 Å². The number of hydrogen-bond acceptors (Lipinski definition) is 4. The molecule has 0 aliphatic carbocycles. The Morgan fingerprint density at radius 1 is 1.35 bits per heavy atom. The van der Waals surface area contributed by atoms with E-state index in [-0.39, 0.29) is 5.91 Å². The van der Waals surface area contributed by atoms with Crippen molar-refractivity contribution < 1.29 is 14.3 Å². The third-order valence-corrected chi connectivity index (χ3v) is 2.98. The fourth-order valence-electron chi connectivity index (χ4n) is 1.84. The number of anilines is 1. The van der Waals surface area contributed by atoms with Gasteiger partial charge in [-0.1, -0.05) is 19.9 Å². The number of nitrogens with two attached hydrogens (primary N) is 1. The van der Waals surface area contributed by atoms with E-state index >= 15 is 0 Å². The summed E-state index contributed by atoms with van der Waals surface area (Å²) >= 11 is 0. The smallest absolute Gasteiger partial charge is 0.337 e. The number of rotatable bonds is 5. The first-order valence-electron chi connectivity index (χ1n) is 6.60. The van der Waals surface area contributed by atoms with Crippen LogP contribution in [0.5, 0.6) is 0 Å². The zero-order valence-corrected chi connectivity index (χ0v) is 12.4. The molecular formula is C15H22N2O3. The molecule has 0 saturated carbocycles. The first-order valence-corrected chi connectivity index (χ1v) is 6.60. The van der Waals surface area contributed by atoms with Crippen LogP contribution >= 0.6 is 0 Å². The van der Waals surface area contributed by atoms with Gasteiger partial charge in [0.2, 0.25) is 5.91 Å². The van der Waals surface area contributed by atoms with Gasteiger partial charge in [0.1, 0.15) is 0 Å². The van der Waals surface area contributed by atoms with E-state index in [1.54, 1.807) is 18.2 Å². The van der Waals surface area contributed by atoms with Crippen LogP contribution < -0.4 is 11.1 Å². The van der Waals surface area contributed by atoms with Gasteiger partial charge in [0.25, 0.3) is 0 Å². The molecule has 0 spiro atoms. The summed E-state index contributed by atoms with van der Waals surface area (Å²) in [5, 5.41) is 2.76. The topological polar surface area (TPSA) is 81.4 Å². The first kappa shape index (κ1) is 16.2. The van der Waals surface area contributed by atoms with Crippen LogP contribution in [0.1, 0.15) is 36.2 Å². The number of esters is 1. The van der Waals surface area contributed by atoms with E-state index in [9.17, 15) is 9.59 Å². The van der Waals surface area contributed by atoms with Gasteiger partial charge in [-0.3, -0.25) is 4.79 Å². The van der Waals surface area contributed by atoms with Crippen molar-refractivity contribution in [3.05, 3.63) is 29.3 Å². The number of benzene rings is 1. The fourth-order valence-corrected chi connectivity index (χ4v) is 1.84. The van der Waals surface area contributed by atoms with Crippen molar-refractivity contribution in [3.63, 3.8) is 0 Å². The molecule has 1 aromatic rings. The number of hydrogen-bond donors (Lipinski definition) is 2. The van der Waals surface area contributed by atoms with Gasteiger partial charge < -0.3 is 15.8 Å². The minimum Gasteiger partial charge on any atom is -0.465 e. The molecular weight excluding hydrogens is 256 g/mol. The summed E-state index contributed by atoms with van der Waals surface area (Å²) in [4.78, 5) is 23.5. The van der Waals surface area contributed by atoms with Crippen LogP contribution in [0.25, 0.3) is 0 Å². The normalized spacial score (nSPS) is 12.1. The van der Waals surface area contributed by atoms with Gasteiger partial charge in [0, 0.05) is 5.69 Å². The molecule has 1 rings (SSSR count). The number of carbonyl (C=O) groups excluding carboxylic acids is 2. The zero-order chi connectivity index (χ0) is 15.3. The van der Waals surface area contributed by atoms with Crippen molar-refractivity contribution in [3.8, 4) is 0 Å². The summed E-state index contributed by atoms with van der Waals surface area (Å²) in [5.74, 6) is -0.339. The molecule has 0 radical (unpaired) electrons. The second-order valence-corrected chi connectivity index (χ2v) is 5.25. The molecule has 5 nitrogen and oxygen atoms in total. The van der Waals surface area contributed by atoms with Crippen molar-refractivity contribution in [1.82, 2.24) is 0 Å². The zero-order valence-electron chi connectivity index (χ0n) is 12.4. The van der Waals surface area contributed by atoms with Gasteiger partial charge in [-0.05, 0) is 37.0 Å². The quantitative estimate of drug-likeness (QED) is 0.808.